The third-order valence-electron chi connectivity index (χ3n) is 2.83. The van der Waals surface area contributed by atoms with E-state index < -0.39 is 5.97 Å². The summed E-state index contributed by atoms with van der Waals surface area (Å²) < 4.78 is 0. The highest BCUT2D eigenvalue weighted by Gasteiger charge is 2.08. The van der Waals surface area contributed by atoms with Crippen molar-refractivity contribution in [3.05, 3.63) is 59.2 Å². The van der Waals surface area contributed by atoms with Gasteiger partial charge in [0.25, 0.3) is 0 Å². The quantitative estimate of drug-likeness (QED) is 0.787. The highest BCUT2D eigenvalue weighted by atomic mass is 16.4. The van der Waals surface area contributed by atoms with Crippen LogP contribution in [0.1, 0.15) is 21.5 Å². The van der Waals surface area contributed by atoms with Crippen molar-refractivity contribution in [2.45, 2.75) is 13.8 Å². The van der Waals surface area contributed by atoms with Crippen molar-refractivity contribution in [1.29, 1.82) is 0 Å². The summed E-state index contributed by atoms with van der Waals surface area (Å²) in [5, 5.41) is 11.1. The molecule has 2 heteroatoms. The molecule has 0 unspecified atom stereocenters. The second-order valence-electron chi connectivity index (χ2n) is 4.15. The lowest BCUT2D eigenvalue weighted by Crippen LogP contribution is -2.23. The van der Waals surface area contributed by atoms with Gasteiger partial charge >= 0.3 is 0 Å². The molecule has 0 atom stereocenters. The van der Waals surface area contributed by atoms with Gasteiger partial charge in [-0.3, -0.25) is 0 Å². The number of benzene rings is 2. The lowest BCUT2D eigenvalue weighted by atomic mass is 9.94. The van der Waals surface area contributed by atoms with Crippen molar-refractivity contribution in [2.24, 2.45) is 0 Å². The Morgan fingerprint density at radius 3 is 2.24 bits per heavy atom. The van der Waals surface area contributed by atoms with Crippen LogP contribution in [0.5, 0.6) is 0 Å². The van der Waals surface area contributed by atoms with E-state index in [4.69, 9.17) is 0 Å². The number of carbonyl (C=O) groups excluding carboxylic acids is 1. The minimum Gasteiger partial charge on any atom is -0.545 e. The van der Waals surface area contributed by atoms with Crippen LogP contribution in [0, 0.1) is 13.8 Å². The molecular formula is C15H13O2-. The maximum atomic E-state index is 11.1. The van der Waals surface area contributed by atoms with Gasteiger partial charge in [-0.05, 0) is 30.5 Å². The predicted molar refractivity (Wildman–Crippen MR) is 65.7 cm³/mol. The minimum absolute atomic E-state index is 0.244. The van der Waals surface area contributed by atoms with Crippen LogP contribution >= 0.6 is 0 Å². The number of aryl methyl sites for hydroxylation is 2. The second kappa shape index (κ2) is 4.42. The fraction of sp³-hybridized carbons (Fsp3) is 0.133. The Labute approximate surface area is 101 Å². The van der Waals surface area contributed by atoms with Crippen molar-refractivity contribution in [1.82, 2.24) is 0 Å². The number of carbonyl (C=O) groups is 1. The molecule has 0 bridgehead atoms. The van der Waals surface area contributed by atoms with Gasteiger partial charge in [0.15, 0.2) is 0 Å². The van der Waals surface area contributed by atoms with Crippen LogP contribution in [0.2, 0.25) is 0 Å². The Morgan fingerprint density at radius 2 is 1.65 bits per heavy atom. The molecular weight excluding hydrogens is 212 g/mol. The van der Waals surface area contributed by atoms with E-state index in [1.807, 2.05) is 44.2 Å². The van der Waals surface area contributed by atoms with Crippen molar-refractivity contribution in [3.8, 4) is 11.1 Å². The van der Waals surface area contributed by atoms with E-state index >= 15 is 0 Å². The molecule has 0 heterocycles. The van der Waals surface area contributed by atoms with Gasteiger partial charge in [0.05, 0.1) is 5.97 Å². The molecule has 0 aromatic heterocycles. The summed E-state index contributed by atoms with van der Waals surface area (Å²) in [6, 6.07) is 13.0. The van der Waals surface area contributed by atoms with E-state index in [1.165, 1.54) is 0 Å². The van der Waals surface area contributed by atoms with E-state index in [1.54, 1.807) is 12.1 Å². The zero-order valence-electron chi connectivity index (χ0n) is 9.86. The summed E-state index contributed by atoms with van der Waals surface area (Å²) in [5.41, 5.74) is 3.99. The number of hydrogen-bond donors (Lipinski definition) is 0. The van der Waals surface area contributed by atoms with Crippen molar-refractivity contribution in [3.63, 3.8) is 0 Å². The maximum absolute atomic E-state index is 11.1. The second-order valence-corrected chi connectivity index (χ2v) is 4.15. The standard InChI is InChI=1S/C15H14O2/c1-10-6-8-12(9-7-10)14-11(2)4-3-5-13(14)15(16)17/h3-9H,1-2H3,(H,16,17)/p-1. The molecule has 17 heavy (non-hydrogen) atoms. The third kappa shape index (κ3) is 2.21. The number of rotatable bonds is 2. The van der Waals surface area contributed by atoms with Gasteiger partial charge in [0, 0.05) is 5.56 Å². The van der Waals surface area contributed by atoms with Gasteiger partial charge < -0.3 is 9.90 Å². The van der Waals surface area contributed by atoms with Crippen LogP contribution < -0.4 is 5.11 Å². The average molecular weight is 225 g/mol. The molecule has 0 spiro atoms. The fourth-order valence-corrected chi connectivity index (χ4v) is 1.94. The molecule has 0 aliphatic heterocycles. The Balaban J connectivity index is 2.65. The zero-order chi connectivity index (χ0) is 12.4. The Hall–Kier alpha value is -2.09. The molecule has 0 amide bonds. The maximum Gasteiger partial charge on any atom is 0.0721 e. The SMILES string of the molecule is Cc1ccc(-c2c(C)cccc2C(=O)[O-])cc1. The lowest BCUT2D eigenvalue weighted by Gasteiger charge is -2.13. The van der Waals surface area contributed by atoms with Crippen molar-refractivity contribution in [2.75, 3.05) is 0 Å². The highest BCUT2D eigenvalue weighted by molar-refractivity contribution is 5.95. The fourth-order valence-electron chi connectivity index (χ4n) is 1.94. The van der Waals surface area contributed by atoms with E-state index in [9.17, 15) is 9.90 Å². The highest BCUT2D eigenvalue weighted by Crippen LogP contribution is 2.27. The monoisotopic (exact) mass is 225 g/mol. The first kappa shape index (κ1) is 11.4. The molecule has 0 aliphatic rings. The van der Waals surface area contributed by atoms with E-state index in [-0.39, 0.29) is 5.56 Å². The summed E-state index contributed by atoms with van der Waals surface area (Å²) in [5.74, 6) is -1.13. The number of hydrogen-bond acceptors (Lipinski definition) is 2. The van der Waals surface area contributed by atoms with Gasteiger partial charge in [-0.2, -0.15) is 0 Å². The number of carboxylic acid groups (broad SMARTS) is 1. The van der Waals surface area contributed by atoms with Gasteiger partial charge in [-0.25, -0.2) is 0 Å². The minimum atomic E-state index is -1.13. The molecule has 0 saturated carbocycles. The molecule has 0 aliphatic carbocycles. The summed E-state index contributed by atoms with van der Waals surface area (Å²) in [7, 11) is 0. The smallest absolute Gasteiger partial charge is 0.0721 e. The van der Waals surface area contributed by atoms with Crippen LogP contribution in [-0.2, 0) is 0 Å². The molecule has 0 fully saturated rings. The van der Waals surface area contributed by atoms with Crippen LogP contribution in [-0.4, -0.2) is 5.97 Å². The van der Waals surface area contributed by atoms with E-state index in [2.05, 4.69) is 0 Å². The molecule has 2 aromatic carbocycles. The van der Waals surface area contributed by atoms with Gasteiger partial charge in [0.2, 0.25) is 0 Å². The van der Waals surface area contributed by atoms with E-state index in [0.29, 0.717) is 0 Å². The molecule has 2 rings (SSSR count). The first-order chi connectivity index (χ1) is 8.09. The molecule has 2 aromatic rings. The summed E-state index contributed by atoms with van der Waals surface area (Å²) in [6.07, 6.45) is 0. The predicted octanol–water partition coefficient (Wildman–Crippen LogP) is 2.33. The Kier molecular flexibility index (Phi) is 2.96. The molecule has 0 N–H and O–H groups in total. The van der Waals surface area contributed by atoms with Gasteiger partial charge in [-0.1, -0.05) is 48.0 Å². The first-order valence-corrected chi connectivity index (χ1v) is 5.47. The first-order valence-electron chi connectivity index (χ1n) is 5.47. The van der Waals surface area contributed by atoms with Crippen molar-refractivity contribution >= 4 is 5.97 Å². The van der Waals surface area contributed by atoms with Gasteiger partial charge in [0.1, 0.15) is 0 Å². The zero-order valence-corrected chi connectivity index (χ0v) is 9.86. The van der Waals surface area contributed by atoms with Crippen LogP contribution in [0.25, 0.3) is 11.1 Å². The normalized spacial score (nSPS) is 10.2. The number of carboxylic acids is 1. The number of aromatic carboxylic acids is 1. The van der Waals surface area contributed by atoms with Crippen molar-refractivity contribution < 1.29 is 9.90 Å². The van der Waals surface area contributed by atoms with Gasteiger partial charge in [-0.15, -0.1) is 0 Å². The molecule has 2 nitrogen and oxygen atoms in total. The Bertz CT molecular complexity index is 554. The lowest BCUT2D eigenvalue weighted by molar-refractivity contribution is -0.254. The van der Waals surface area contributed by atoms with Crippen LogP contribution in [0.15, 0.2) is 42.5 Å². The summed E-state index contributed by atoms with van der Waals surface area (Å²) in [4.78, 5) is 11.1. The van der Waals surface area contributed by atoms with Crippen LogP contribution in [0.4, 0.5) is 0 Å². The van der Waals surface area contributed by atoms with E-state index in [0.717, 1.165) is 22.3 Å². The molecule has 86 valence electrons. The largest absolute Gasteiger partial charge is 0.545 e. The molecule has 0 radical (unpaired) electrons. The van der Waals surface area contributed by atoms with Crippen LogP contribution in [0.3, 0.4) is 0 Å². The summed E-state index contributed by atoms with van der Waals surface area (Å²) in [6.45, 7) is 3.91. The molecule has 0 saturated heterocycles. The Morgan fingerprint density at radius 1 is 1.00 bits per heavy atom. The topological polar surface area (TPSA) is 40.1 Å². The average Bonchev–Trinajstić information content (AvgIpc) is 2.30. The third-order valence-corrected chi connectivity index (χ3v) is 2.83. The summed E-state index contributed by atoms with van der Waals surface area (Å²) >= 11 is 0.